The van der Waals surface area contributed by atoms with Crippen LogP contribution in [0.4, 0.5) is 0 Å². The molecule has 0 aromatic carbocycles. The minimum atomic E-state index is 0.626. The Morgan fingerprint density at radius 2 is 2.26 bits per heavy atom. The van der Waals surface area contributed by atoms with Gasteiger partial charge >= 0.3 is 0 Å². The lowest BCUT2D eigenvalue weighted by Crippen LogP contribution is -2.40. The van der Waals surface area contributed by atoms with E-state index >= 15 is 0 Å². The molecule has 0 amide bonds. The van der Waals surface area contributed by atoms with Crippen molar-refractivity contribution in [3.8, 4) is 0 Å². The second kappa shape index (κ2) is 7.39. The van der Waals surface area contributed by atoms with Gasteiger partial charge in [0, 0.05) is 17.8 Å². The summed E-state index contributed by atoms with van der Waals surface area (Å²) in [7, 11) is 0. The van der Waals surface area contributed by atoms with E-state index in [0.717, 1.165) is 24.8 Å². The summed E-state index contributed by atoms with van der Waals surface area (Å²) in [5.41, 5.74) is 1.28. The number of hydrogen-bond donors (Lipinski definition) is 1. The first-order chi connectivity index (χ1) is 9.22. The van der Waals surface area contributed by atoms with Crippen molar-refractivity contribution in [3.63, 3.8) is 0 Å². The number of nitrogens with zero attached hydrogens (tertiary/aromatic N) is 1. The molecule has 3 unspecified atom stereocenters. The zero-order valence-electron chi connectivity index (χ0n) is 12.6. The van der Waals surface area contributed by atoms with E-state index < -0.39 is 0 Å². The second-order valence-corrected chi connectivity index (χ2v) is 6.99. The average molecular weight is 280 g/mol. The molecule has 0 aliphatic heterocycles. The van der Waals surface area contributed by atoms with E-state index in [0.29, 0.717) is 6.04 Å². The third-order valence-electron chi connectivity index (χ3n) is 4.53. The minimum absolute atomic E-state index is 0.626. The molecule has 1 fully saturated rings. The largest absolute Gasteiger partial charge is 0.314 e. The van der Waals surface area contributed by atoms with Crippen LogP contribution in [0, 0.1) is 18.8 Å². The van der Waals surface area contributed by atoms with E-state index in [2.05, 4.69) is 36.5 Å². The Kier molecular flexibility index (Phi) is 5.83. The fraction of sp³-hybridized carbons (Fsp3) is 0.812. The van der Waals surface area contributed by atoms with Gasteiger partial charge < -0.3 is 5.32 Å². The molecule has 1 aromatic rings. The number of thiazole rings is 1. The van der Waals surface area contributed by atoms with Crippen molar-refractivity contribution >= 4 is 11.3 Å². The fourth-order valence-electron chi connectivity index (χ4n) is 3.46. The summed E-state index contributed by atoms with van der Waals surface area (Å²) >= 11 is 1.78. The lowest BCUT2D eigenvalue weighted by atomic mass is 9.76. The van der Waals surface area contributed by atoms with Crippen LogP contribution in [-0.4, -0.2) is 17.6 Å². The molecular formula is C16H28N2S. The first-order valence-electron chi connectivity index (χ1n) is 7.87. The van der Waals surface area contributed by atoms with Crippen molar-refractivity contribution in [3.05, 3.63) is 16.1 Å². The van der Waals surface area contributed by atoms with Crippen LogP contribution < -0.4 is 5.32 Å². The summed E-state index contributed by atoms with van der Waals surface area (Å²) in [5.74, 6) is 1.80. The summed E-state index contributed by atoms with van der Waals surface area (Å²) in [4.78, 5) is 4.65. The van der Waals surface area contributed by atoms with Gasteiger partial charge in [0.15, 0.2) is 0 Å². The van der Waals surface area contributed by atoms with Crippen LogP contribution in [0.3, 0.4) is 0 Å². The smallest absolute Gasteiger partial charge is 0.0897 e. The van der Waals surface area contributed by atoms with E-state index in [9.17, 15) is 0 Å². The zero-order chi connectivity index (χ0) is 13.7. The molecule has 2 rings (SSSR count). The molecule has 1 aliphatic carbocycles. The molecule has 0 spiro atoms. The number of likely N-dealkylation sites (N-methyl/N-ethyl adjacent to an activating group) is 1. The van der Waals surface area contributed by atoms with Crippen LogP contribution in [-0.2, 0) is 6.42 Å². The predicted molar refractivity (Wildman–Crippen MR) is 83.8 cm³/mol. The van der Waals surface area contributed by atoms with E-state index in [-0.39, 0.29) is 0 Å². The summed E-state index contributed by atoms with van der Waals surface area (Å²) in [5, 5.41) is 7.15. The van der Waals surface area contributed by atoms with E-state index in [1.165, 1.54) is 42.8 Å². The fourth-order valence-corrected chi connectivity index (χ4v) is 4.09. The monoisotopic (exact) mass is 280 g/mol. The summed E-state index contributed by atoms with van der Waals surface area (Å²) in [6.45, 7) is 7.74. The summed E-state index contributed by atoms with van der Waals surface area (Å²) in [6, 6.07) is 0.626. The molecule has 1 aromatic heterocycles. The third kappa shape index (κ3) is 4.28. The third-order valence-corrected chi connectivity index (χ3v) is 5.35. The first kappa shape index (κ1) is 15.0. The highest BCUT2D eigenvalue weighted by Crippen LogP contribution is 2.33. The van der Waals surface area contributed by atoms with Crippen LogP contribution >= 0.6 is 11.3 Å². The van der Waals surface area contributed by atoms with Crippen LogP contribution in [0.1, 0.15) is 56.7 Å². The molecule has 0 saturated heterocycles. The SMILES string of the molecule is CCNC(Cc1csc(C)n1)C1CCCC(CC)C1. The quantitative estimate of drug-likeness (QED) is 0.845. The molecule has 0 bridgehead atoms. The van der Waals surface area contributed by atoms with Crippen LogP contribution in [0.25, 0.3) is 0 Å². The highest BCUT2D eigenvalue weighted by Gasteiger charge is 2.27. The van der Waals surface area contributed by atoms with Gasteiger partial charge in [-0.05, 0) is 38.1 Å². The minimum Gasteiger partial charge on any atom is -0.314 e. The molecule has 19 heavy (non-hydrogen) atoms. The van der Waals surface area contributed by atoms with Crippen molar-refractivity contribution in [1.29, 1.82) is 0 Å². The number of nitrogens with one attached hydrogen (secondary N) is 1. The first-order valence-corrected chi connectivity index (χ1v) is 8.75. The van der Waals surface area contributed by atoms with Gasteiger partial charge in [-0.2, -0.15) is 0 Å². The highest BCUT2D eigenvalue weighted by atomic mass is 32.1. The van der Waals surface area contributed by atoms with Crippen molar-refractivity contribution in [2.45, 2.75) is 65.3 Å². The van der Waals surface area contributed by atoms with Crippen LogP contribution in [0.5, 0.6) is 0 Å². The zero-order valence-corrected chi connectivity index (χ0v) is 13.4. The second-order valence-electron chi connectivity index (χ2n) is 5.93. The van der Waals surface area contributed by atoms with E-state index in [1.54, 1.807) is 11.3 Å². The number of aromatic nitrogens is 1. The molecule has 3 atom stereocenters. The van der Waals surface area contributed by atoms with Gasteiger partial charge in [-0.1, -0.05) is 33.1 Å². The van der Waals surface area contributed by atoms with E-state index in [1.807, 2.05) is 0 Å². The Bertz CT molecular complexity index is 375. The molecule has 108 valence electrons. The van der Waals surface area contributed by atoms with Gasteiger partial charge in [-0.25, -0.2) is 4.98 Å². The van der Waals surface area contributed by atoms with E-state index in [4.69, 9.17) is 0 Å². The summed E-state index contributed by atoms with van der Waals surface area (Å²) < 4.78 is 0. The Morgan fingerprint density at radius 1 is 1.42 bits per heavy atom. The lowest BCUT2D eigenvalue weighted by Gasteiger charge is -2.34. The Hall–Kier alpha value is -0.410. The Balaban J connectivity index is 1.98. The molecule has 1 aliphatic rings. The maximum atomic E-state index is 4.65. The molecule has 1 heterocycles. The van der Waals surface area contributed by atoms with Gasteiger partial charge in [0.2, 0.25) is 0 Å². The maximum absolute atomic E-state index is 4.65. The molecule has 2 nitrogen and oxygen atoms in total. The highest BCUT2D eigenvalue weighted by molar-refractivity contribution is 7.09. The molecular weight excluding hydrogens is 252 g/mol. The standard InChI is InChI=1S/C16H28N2S/c1-4-13-7-6-8-14(9-13)16(17-5-2)10-15-11-19-12(3)18-15/h11,13-14,16-17H,4-10H2,1-3H3. The van der Waals surface area contributed by atoms with Crippen molar-refractivity contribution in [2.75, 3.05) is 6.54 Å². The van der Waals surface area contributed by atoms with Crippen LogP contribution in [0.15, 0.2) is 5.38 Å². The van der Waals surface area contributed by atoms with Crippen LogP contribution in [0.2, 0.25) is 0 Å². The van der Waals surface area contributed by atoms with Gasteiger partial charge in [-0.15, -0.1) is 11.3 Å². The average Bonchev–Trinajstić information content (AvgIpc) is 2.84. The molecule has 1 N–H and O–H groups in total. The van der Waals surface area contributed by atoms with Gasteiger partial charge in [-0.3, -0.25) is 0 Å². The normalized spacial score (nSPS) is 25.4. The van der Waals surface area contributed by atoms with Crippen molar-refractivity contribution in [2.24, 2.45) is 11.8 Å². The lowest BCUT2D eigenvalue weighted by molar-refractivity contribution is 0.208. The number of rotatable bonds is 6. The van der Waals surface area contributed by atoms with Crippen molar-refractivity contribution in [1.82, 2.24) is 10.3 Å². The van der Waals surface area contributed by atoms with Gasteiger partial charge in [0.25, 0.3) is 0 Å². The molecule has 1 saturated carbocycles. The van der Waals surface area contributed by atoms with Gasteiger partial charge in [0.05, 0.1) is 10.7 Å². The maximum Gasteiger partial charge on any atom is 0.0897 e. The topological polar surface area (TPSA) is 24.9 Å². The van der Waals surface area contributed by atoms with Crippen molar-refractivity contribution < 1.29 is 0 Å². The molecule has 3 heteroatoms. The molecule has 0 radical (unpaired) electrons. The van der Waals surface area contributed by atoms with Gasteiger partial charge in [0.1, 0.15) is 0 Å². The number of aryl methyl sites for hydroxylation is 1. The number of hydrogen-bond acceptors (Lipinski definition) is 3. The predicted octanol–water partition coefficient (Wildman–Crippen LogP) is 4.19. The Morgan fingerprint density at radius 3 is 2.89 bits per heavy atom. The summed E-state index contributed by atoms with van der Waals surface area (Å²) in [6.07, 6.45) is 8.14. The Labute approximate surface area is 122 Å².